The molecule has 0 spiro atoms. The summed E-state index contributed by atoms with van der Waals surface area (Å²) >= 11 is 0. The molecular formula is C24H35NaO. The molecule has 1 nitrogen and oxygen atoms in total. The summed E-state index contributed by atoms with van der Waals surface area (Å²) in [6.45, 7) is 2.28. The minimum Gasteiger partial charge on any atom is -1.00 e. The van der Waals surface area contributed by atoms with Gasteiger partial charge in [-0.3, -0.25) is 0 Å². The van der Waals surface area contributed by atoms with E-state index >= 15 is 0 Å². The molecule has 0 unspecified atom stereocenters. The molecule has 0 amide bonds. The molecule has 2 aromatic carbocycles. The molecule has 0 aliphatic rings. The van der Waals surface area contributed by atoms with Crippen LogP contribution in [0, 0.1) is 0 Å². The van der Waals surface area contributed by atoms with Gasteiger partial charge in [0.1, 0.15) is 11.5 Å². The summed E-state index contributed by atoms with van der Waals surface area (Å²) in [7, 11) is 0. The van der Waals surface area contributed by atoms with Gasteiger partial charge in [0, 0.05) is 0 Å². The Labute approximate surface area is 184 Å². The van der Waals surface area contributed by atoms with Crippen molar-refractivity contribution in [3.05, 3.63) is 60.2 Å². The fourth-order valence-corrected chi connectivity index (χ4v) is 3.17. The Hall–Kier alpha value is -0.760. The van der Waals surface area contributed by atoms with Gasteiger partial charge in [0.25, 0.3) is 0 Å². The second-order valence-corrected chi connectivity index (χ2v) is 6.99. The van der Waals surface area contributed by atoms with Crippen molar-refractivity contribution in [3.8, 4) is 11.5 Å². The predicted octanol–water partition coefficient (Wildman–Crippen LogP) is 5.06. The van der Waals surface area contributed by atoms with Crippen LogP contribution in [0.4, 0.5) is 0 Å². The summed E-state index contributed by atoms with van der Waals surface area (Å²) in [5.41, 5.74) is 1.42. The molecule has 0 aliphatic heterocycles. The average molecular weight is 363 g/mol. The fraction of sp³-hybridized carbons (Fsp3) is 0.500. The van der Waals surface area contributed by atoms with Crippen molar-refractivity contribution in [3.63, 3.8) is 0 Å². The molecule has 0 radical (unpaired) electrons. The molecule has 138 valence electrons. The molecule has 2 rings (SSSR count). The molecule has 0 aliphatic carbocycles. The number of aryl methyl sites for hydroxylation is 1. The van der Waals surface area contributed by atoms with Crippen molar-refractivity contribution in [2.45, 2.75) is 77.6 Å². The van der Waals surface area contributed by atoms with Crippen LogP contribution in [0.2, 0.25) is 0 Å². The first kappa shape index (κ1) is 23.3. The topological polar surface area (TPSA) is 9.23 Å². The molecule has 0 saturated heterocycles. The van der Waals surface area contributed by atoms with Crippen LogP contribution in [0.1, 0.15) is 78.1 Å². The molecule has 0 atom stereocenters. The molecule has 0 fully saturated rings. The van der Waals surface area contributed by atoms with Crippen LogP contribution in [0.15, 0.2) is 54.6 Å². The predicted molar refractivity (Wildman–Crippen MR) is 110 cm³/mol. The van der Waals surface area contributed by atoms with E-state index in [1.54, 1.807) is 0 Å². The Kier molecular flexibility index (Phi) is 13.7. The van der Waals surface area contributed by atoms with Gasteiger partial charge in [-0.1, -0.05) is 95.0 Å². The maximum Gasteiger partial charge on any atom is 1.00 e. The number of para-hydroxylation sites is 1. The molecule has 0 N–H and O–H groups in total. The van der Waals surface area contributed by atoms with Gasteiger partial charge >= 0.3 is 29.6 Å². The van der Waals surface area contributed by atoms with E-state index in [0.29, 0.717) is 0 Å². The number of unbranched alkanes of at least 4 members (excludes halogenated alkanes) is 9. The SMILES string of the molecule is CCCCCCCCCCCCc1ccc(Oc2ccccc2)cc1.[H-].[Na+]. The molecule has 2 aromatic rings. The number of rotatable bonds is 13. The molecule has 2 heteroatoms. The summed E-state index contributed by atoms with van der Waals surface area (Å²) in [4.78, 5) is 0. The van der Waals surface area contributed by atoms with E-state index in [1.165, 1.54) is 76.2 Å². The molecular weight excluding hydrogens is 327 g/mol. The van der Waals surface area contributed by atoms with E-state index in [2.05, 4.69) is 31.2 Å². The van der Waals surface area contributed by atoms with Gasteiger partial charge in [0.05, 0.1) is 0 Å². The van der Waals surface area contributed by atoms with Crippen molar-refractivity contribution < 1.29 is 35.7 Å². The van der Waals surface area contributed by atoms with Crippen LogP contribution in [0.25, 0.3) is 0 Å². The molecule has 0 bridgehead atoms. The van der Waals surface area contributed by atoms with Crippen LogP contribution in [0.5, 0.6) is 11.5 Å². The number of benzene rings is 2. The molecule has 0 heterocycles. The summed E-state index contributed by atoms with van der Waals surface area (Å²) in [6, 6.07) is 18.5. The van der Waals surface area contributed by atoms with Gasteiger partial charge in [-0.2, -0.15) is 0 Å². The third-order valence-corrected chi connectivity index (χ3v) is 4.72. The number of ether oxygens (including phenoxy) is 1. The van der Waals surface area contributed by atoms with Gasteiger partial charge in [0.2, 0.25) is 0 Å². The van der Waals surface area contributed by atoms with E-state index in [4.69, 9.17) is 4.74 Å². The third-order valence-electron chi connectivity index (χ3n) is 4.72. The zero-order valence-corrected chi connectivity index (χ0v) is 18.9. The van der Waals surface area contributed by atoms with Crippen molar-refractivity contribution in [2.24, 2.45) is 0 Å². The smallest absolute Gasteiger partial charge is 1.00 e. The van der Waals surface area contributed by atoms with Gasteiger partial charge < -0.3 is 6.16 Å². The van der Waals surface area contributed by atoms with E-state index in [1.807, 2.05) is 30.3 Å². The number of hydrogen-bond donors (Lipinski definition) is 0. The maximum atomic E-state index is 5.84. The normalized spacial score (nSPS) is 10.3. The first-order chi connectivity index (χ1) is 12.4. The third kappa shape index (κ3) is 10.4. The fourth-order valence-electron chi connectivity index (χ4n) is 3.17. The van der Waals surface area contributed by atoms with Gasteiger partial charge in [-0.05, 0) is 42.7 Å². The van der Waals surface area contributed by atoms with Gasteiger partial charge in [-0.25, -0.2) is 0 Å². The van der Waals surface area contributed by atoms with E-state index < -0.39 is 0 Å². The summed E-state index contributed by atoms with van der Waals surface area (Å²) < 4.78 is 5.84. The molecule has 0 saturated carbocycles. The van der Waals surface area contributed by atoms with Crippen LogP contribution in [0.3, 0.4) is 0 Å². The molecule has 0 aromatic heterocycles. The minimum absolute atomic E-state index is 0. The quantitative estimate of drug-likeness (QED) is 0.357. The van der Waals surface area contributed by atoms with Crippen molar-refractivity contribution in [1.29, 1.82) is 0 Å². The second kappa shape index (κ2) is 15.3. The monoisotopic (exact) mass is 362 g/mol. The number of hydrogen-bond acceptors (Lipinski definition) is 1. The van der Waals surface area contributed by atoms with Gasteiger partial charge in [0.15, 0.2) is 0 Å². The van der Waals surface area contributed by atoms with Crippen LogP contribution in [-0.4, -0.2) is 0 Å². The van der Waals surface area contributed by atoms with Crippen molar-refractivity contribution >= 4 is 0 Å². The standard InChI is InChI=1S/C24H34O.Na.H/c1-2-3-4-5-6-7-8-9-10-12-15-22-18-20-24(21-19-22)25-23-16-13-11-14-17-23;;/h11,13-14,16-21H,2-10,12,15H2,1H3;;/q;+1;-1. The Balaban J connectivity index is 0.00000338. The Morgan fingerprint density at radius 3 is 1.69 bits per heavy atom. The first-order valence-electron chi connectivity index (χ1n) is 10.2. The summed E-state index contributed by atoms with van der Waals surface area (Å²) in [5.74, 6) is 1.81. The van der Waals surface area contributed by atoms with Crippen molar-refractivity contribution in [1.82, 2.24) is 0 Å². The molecule has 26 heavy (non-hydrogen) atoms. The van der Waals surface area contributed by atoms with E-state index in [0.717, 1.165) is 11.5 Å². The zero-order chi connectivity index (χ0) is 17.6. The Morgan fingerprint density at radius 2 is 1.12 bits per heavy atom. The first-order valence-corrected chi connectivity index (χ1v) is 10.2. The second-order valence-electron chi connectivity index (χ2n) is 6.99. The maximum absolute atomic E-state index is 5.84. The van der Waals surface area contributed by atoms with Crippen LogP contribution < -0.4 is 34.3 Å². The van der Waals surface area contributed by atoms with E-state index in [-0.39, 0.29) is 31.0 Å². The zero-order valence-electron chi connectivity index (χ0n) is 17.9. The Bertz CT molecular complexity index is 556. The van der Waals surface area contributed by atoms with E-state index in [9.17, 15) is 0 Å². The van der Waals surface area contributed by atoms with Crippen LogP contribution >= 0.6 is 0 Å². The van der Waals surface area contributed by atoms with Crippen LogP contribution in [-0.2, 0) is 6.42 Å². The minimum atomic E-state index is 0. The Morgan fingerprint density at radius 1 is 0.615 bits per heavy atom. The largest absolute Gasteiger partial charge is 1.00 e. The average Bonchev–Trinajstić information content (AvgIpc) is 2.65. The summed E-state index contributed by atoms with van der Waals surface area (Å²) in [6.07, 6.45) is 15.1. The summed E-state index contributed by atoms with van der Waals surface area (Å²) in [5, 5.41) is 0. The van der Waals surface area contributed by atoms with Crippen molar-refractivity contribution in [2.75, 3.05) is 0 Å². The van der Waals surface area contributed by atoms with Gasteiger partial charge in [-0.15, -0.1) is 0 Å².